The van der Waals surface area contributed by atoms with E-state index in [2.05, 4.69) is 15.3 Å². The maximum atomic E-state index is 13.3. The predicted octanol–water partition coefficient (Wildman–Crippen LogP) is 3.02. The van der Waals surface area contributed by atoms with Crippen LogP contribution in [0.3, 0.4) is 0 Å². The minimum atomic E-state index is -0.311. The molecule has 1 amide bonds. The van der Waals surface area contributed by atoms with Gasteiger partial charge in [-0.2, -0.15) is 5.10 Å². The standard InChI is InChI=1S/C21H24FN5O/c22-17-6-8-18(9-7-17)27-21(26-14-3-4-15-26)19(16-24-27)20(28)23-10-5-13-25-11-1-2-12-25/h3-4,6-9,14-16H,1-2,5,10-13H2,(H,23,28). The number of aromatic nitrogens is 3. The molecule has 3 aromatic rings. The average Bonchev–Trinajstić information content (AvgIpc) is 3.46. The molecule has 4 rings (SSSR count). The number of halogens is 1. The molecule has 1 aliphatic rings. The molecule has 1 aliphatic heterocycles. The number of hydrogen-bond donors (Lipinski definition) is 1. The van der Waals surface area contributed by atoms with E-state index >= 15 is 0 Å². The van der Waals surface area contributed by atoms with E-state index in [0.717, 1.165) is 26.1 Å². The highest BCUT2D eigenvalue weighted by Gasteiger charge is 2.20. The Bertz CT molecular complexity index is 911. The minimum absolute atomic E-state index is 0.154. The number of amides is 1. The summed E-state index contributed by atoms with van der Waals surface area (Å²) in [4.78, 5) is 15.2. The van der Waals surface area contributed by atoms with Crippen molar-refractivity contribution in [1.29, 1.82) is 0 Å². The molecule has 28 heavy (non-hydrogen) atoms. The van der Waals surface area contributed by atoms with Gasteiger partial charge < -0.3 is 14.8 Å². The van der Waals surface area contributed by atoms with Gasteiger partial charge in [0.25, 0.3) is 5.91 Å². The van der Waals surface area contributed by atoms with E-state index in [-0.39, 0.29) is 11.7 Å². The molecule has 1 fully saturated rings. The molecule has 0 unspecified atom stereocenters. The zero-order valence-electron chi connectivity index (χ0n) is 15.7. The molecule has 0 bridgehead atoms. The average molecular weight is 381 g/mol. The first-order valence-corrected chi connectivity index (χ1v) is 9.70. The van der Waals surface area contributed by atoms with Crippen LogP contribution >= 0.6 is 0 Å². The minimum Gasteiger partial charge on any atom is -0.352 e. The van der Waals surface area contributed by atoms with Crippen molar-refractivity contribution in [3.05, 3.63) is 66.4 Å². The van der Waals surface area contributed by atoms with Crippen molar-refractivity contribution in [3.63, 3.8) is 0 Å². The Kier molecular flexibility index (Phi) is 5.53. The Morgan fingerprint density at radius 2 is 1.82 bits per heavy atom. The summed E-state index contributed by atoms with van der Waals surface area (Å²) in [6.07, 6.45) is 8.76. The van der Waals surface area contributed by atoms with Crippen LogP contribution in [-0.2, 0) is 0 Å². The van der Waals surface area contributed by atoms with E-state index in [1.807, 2.05) is 29.1 Å². The largest absolute Gasteiger partial charge is 0.352 e. The van der Waals surface area contributed by atoms with Gasteiger partial charge in [-0.3, -0.25) is 4.79 Å². The Morgan fingerprint density at radius 1 is 1.11 bits per heavy atom. The van der Waals surface area contributed by atoms with Gasteiger partial charge in [-0.05, 0) is 75.3 Å². The Hall–Kier alpha value is -2.93. The van der Waals surface area contributed by atoms with Crippen molar-refractivity contribution in [2.45, 2.75) is 19.3 Å². The van der Waals surface area contributed by atoms with Gasteiger partial charge in [0.15, 0.2) is 5.82 Å². The lowest BCUT2D eigenvalue weighted by Crippen LogP contribution is -2.29. The zero-order valence-corrected chi connectivity index (χ0v) is 15.7. The third-order valence-corrected chi connectivity index (χ3v) is 5.04. The molecule has 1 aromatic carbocycles. The SMILES string of the molecule is O=C(NCCCN1CCCC1)c1cnn(-c2ccc(F)cc2)c1-n1cccc1. The first-order valence-electron chi connectivity index (χ1n) is 9.70. The number of carbonyl (C=O) groups is 1. The van der Waals surface area contributed by atoms with Crippen molar-refractivity contribution >= 4 is 5.91 Å². The van der Waals surface area contributed by atoms with Crippen LogP contribution in [0.25, 0.3) is 11.5 Å². The number of rotatable bonds is 7. The lowest BCUT2D eigenvalue weighted by molar-refractivity contribution is 0.0952. The molecule has 1 saturated heterocycles. The lowest BCUT2D eigenvalue weighted by atomic mass is 10.2. The molecule has 3 heterocycles. The van der Waals surface area contributed by atoms with Gasteiger partial charge in [0, 0.05) is 18.9 Å². The monoisotopic (exact) mass is 381 g/mol. The first kappa shape index (κ1) is 18.4. The predicted molar refractivity (Wildman–Crippen MR) is 105 cm³/mol. The highest BCUT2D eigenvalue weighted by atomic mass is 19.1. The second-order valence-corrected chi connectivity index (χ2v) is 7.02. The first-order chi connectivity index (χ1) is 13.7. The van der Waals surface area contributed by atoms with Crippen LogP contribution in [0.4, 0.5) is 4.39 Å². The summed E-state index contributed by atoms with van der Waals surface area (Å²) in [7, 11) is 0. The molecule has 0 spiro atoms. The molecule has 0 aliphatic carbocycles. The van der Waals surface area contributed by atoms with Crippen LogP contribution in [0, 0.1) is 5.82 Å². The van der Waals surface area contributed by atoms with E-state index in [1.165, 1.54) is 25.0 Å². The van der Waals surface area contributed by atoms with Gasteiger partial charge in [0.2, 0.25) is 0 Å². The Balaban J connectivity index is 1.51. The van der Waals surface area contributed by atoms with Crippen molar-refractivity contribution in [1.82, 2.24) is 24.6 Å². The fourth-order valence-electron chi connectivity index (χ4n) is 3.60. The van der Waals surface area contributed by atoms with Crippen molar-refractivity contribution < 1.29 is 9.18 Å². The van der Waals surface area contributed by atoms with E-state index in [1.54, 1.807) is 23.0 Å². The zero-order chi connectivity index (χ0) is 19.3. The Labute approximate surface area is 163 Å². The smallest absolute Gasteiger partial charge is 0.256 e. The Morgan fingerprint density at radius 3 is 2.54 bits per heavy atom. The summed E-state index contributed by atoms with van der Waals surface area (Å²) in [5.74, 6) is 0.168. The molecule has 0 atom stereocenters. The van der Waals surface area contributed by atoms with Crippen molar-refractivity contribution in [3.8, 4) is 11.5 Å². The van der Waals surface area contributed by atoms with Crippen LogP contribution in [0.1, 0.15) is 29.6 Å². The molecule has 0 saturated carbocycles. The number of nitrogens with zero attached hydrogens (tertiary/aromatic N) is 4. The molecule has 6 nitrogen and oxygen atoms in total. The number of likely N-dealkylation sites (tertiary alicyclic amines) is 1. The summed E-state index contributed by atoms with van der Waals surface area (Å²) >= 11 is 0. The number of carbonyl (C=O) groups excluding carboxylic acids is 1. The third kappa shape index (κ3) is 3.99. The maximum absolute atomic E-state index is 13.3. The molecular weight excluding hydrogens is 357 g/mol. The highest BCUT2D eigenvalue weighted by molar-refractivity contribution is 5.97. The maximum Gasteiger partial charge on any atom is 0.256 e. The van der Waals surface area contributed by atoms with Crippen LogP contribution in [0.5, 0.6) is 0 Å². The van der Waals surface area contributed by atoms with E-state index in [9.17, 15) is 9.18 Å². The van der Waals surface area contributed by atoms with Crippen molar-refractivity contribution in [2.75, 3.05) is 26.2 Å². The summed E-state index contributed by atoms with van der Waals surface area (Å²) in [5, 5.41) is 7.40. The van der Waals surface area contributed by atoms with Gasteiger partial charge in [-0.15, -0.1) is 0 Å². The molecule has 146 valence electrons. The number of benzene rings is 1. The number of hydrogen-bond acceptors (Lipinski definition) is 3. The summed E-state index contributed by atoms with van der Waals surface area (Å²) in [5.41, 5.74) is 1.18. The number of nitrogens with one attached hydrogen (secondary N) is 1. The quantitative estimate of drug-likeness (QED) is 0.640. The van der Waals surface area contributed by atoms with Crippen LogP contribution < -0.4 is 5.32 Å². The molecule has 1 N–H and O–H groups in total. The molecule has 2 aromatic heterocycles. The lowest BCUT2D eigenvalue weighted by Gasteiger charge is -2.14. The van der Waals surface area contributed by atoms with Crippen molar-refractivity contribution in [2.24, 2.45) is 0 Å². The van der Waals surface area contributed by atoms with Gasteiger partial charge >= 0.3 is 0 Å². The second kappa shape index (κ2) is 8.39. The fraction of sp³-hybridized carbons (Fsp3) is 0.333. The molecule has 0 radical (unpaired) electrons. The summed E-state index contributed by atoms with van der Waals surface area (Å²) in [6.45, 7) is 3.97. The van der Waals surface area contributed by atoms with Gasteiger partial charge in [-0.1, -0.05) is 0 Å². The van der Waals surface area contributed by atoms with Crippen LogP contribution in [-0.4, -0.2) is 51.3 Å². The third-order valence-electron chi connectivity index (χ3n) is 5.04. The van der Waals surface area contributed by atoms with E-state index < -0.39 is 0 Å². The van der Waals surface area contributed by atoms with Crippen LogP contribution in [0.15, 0.2) is 55.0 Å². The van der Waals surface area contributed by atoms with Gasteiger partial charge in [-0.25, -0.2) is 9.07 Å². The summed E-state index contributed by atoms with van der Waals surface area (Å²) < 4.78 is 16.8. The van der Waals surface area contributed by atoms with E-state index in [4.69, 9.17) is 0 Å². The molecular formula is C21H24FN5O. The summed E-state index contributed by atoms with van der Waals surface area (Å²) in [6, 6.07) is 9.84. The highest BCUT2D eigenvalue weighted by Crippen LogP contribution is 2.20. The van der Waals surface area contributed by atoms with Gasteiger partial charge in [0.1, 0.15) is 11.4 Å². The van der Waals surface area contributed by atoms with Gasteiger partial charge in [0.05, 0.1) is 11.9 Å². The van der Waals surface area contributed by atoms with E-state index in [0.29, 0.717) is 23.6 Å². The topological polar surface area (TPSA) is 55.1 Å². The second-order valence-electron chi connectivity index (χ2n) is 7.02. The van der Waals surface area contributed by atoms with Crippen LogP contribution in [0.2, 0.25) is 0 Å². The molecule has 7 heteroatoms. The fourth-order valence-corrected chi connectivity index (χ4v) is 3.60. The normalized spacial score (nSPS) is 14.5.